The molecule has 1 nitrogen and oxygen atoms in total. The molecule has 1 aromatic rings. The van der Waals surface area contributed by atoms with E-state index >= 15 is 0 Å². The minimum Gasteiger partial charge on any atom is -0.371 e. The van der Waals surface area contributed by atoms with Crippen LogP contribution in [0.5, 0.6) is 0 Å². The molecule has 0 unspecified atom stereocenters. The van der Waals surface area contributed by atoms with E-state index in [4.69, 9.17) is 0 Å². The summed E-state index contributed by atoms with van der Waals surface area (Å²) in [5.74, 6) is 0. The number of benzene rings is 1. The predicted octanol–water partition coefficient (Wildman–Crippen LogP) is 3.68. The van der Waals surface area contributed by atoms with Crippen LogP contribution in [0.1, 0.15) is 50.3 Å². The minimum atomic E-state index is 0.283. The van der Waals surface area contributed by atoms with Gasteiger partial charge in [-0.05, 0) is 47.8 Å². The number of hydrogen-bond acceptors (Lipinski definition) is 1. The number of nitrogens with zero attached hydrogens (tertiary/aromatic N) is 1. The van der Waals surface area contributed by atoms with E-state index in [1.165, 1.54) is 44.3 Å². The summed E-state index contributed by atoms with van der Waals surface area (Å²) in [6, 6.07) is 4.94. The highest BCUT2D eigenvalue weighted by Crippen LogP contribution is 2.38. The lowest BCUT2D eigenvalue weighted by atomic mass is 9.81. The molecule has 0 bridgehead atoms. The van der Waals surface area contributed by atoms with E-state index in [9.17, 15) is 0 Å². The fourth-order valence-corrected chi connectivity index (χ4v) is 3.24. The lowest BCUT2D eigenvalue weighted by Crippen LogP contribution is -2.34. The van der Waals surface area contributed by atoms with Crippen LogP contribution in [0.3, 0.4) is 0 Å². The van der Waals surface area contributed by atoms with E-state index in [0.717, 1.165) is 0 Å². The van der Waals surface area contributed by atoms with Crippen molar-refractivity contribution in [1.82, 2.24) is 0 Å². The highest BCUT2D eigenvalue weighted by Gasteiger charge is 2.26. The van der Waals surface area contributed by atoms with Crippen LogP contribution in [0, 0.1) is 0 Å². The summed E-state index contributed by atoms with van der Waals surface area (Å²) >= 11 is 0. The maximum Gasteiger partial charge on any atom is 0.0431 e. The molecule has 2 aliphatic heterocycles. The van der Waals surface area contributed by atoms with Crippen molar-refractivity contribution < 1.29 is 0 Å². The Morgan fingerprint density at radius 2 is 1.47 bits per heavy atom. The van der Waals surface area contributed by atoms with E-state index in [2.05, 4.69) is 37.8 Å². The van der Waals surface area contributed by atoms with Crippen molar-refractivity contribution in [2.75, 3.05) is 18.0 Å². The molecule has 0 N–H and O–H groups in total. The first-order chi connectivity index (χ1) is 8.05. The van der Waals surface area contributed by atoms with Gasteiger partial charge in [0.05, 0.1) is 0 Å². The van der Waals surface area contributed by atoms with Crippen LogP contribution in [0.4, 0.5) is 5.69 Å². The Hall–Kier alpha value is -0.980. The molecule has 0 atom stereocenters. The molecule has 0 radical (unpaired) electrons. The minimum absolute atomic E-state index is 0.283. The second-order valence-electron chi connectivity index (χ2n) is 6.59. The average Bonchev–Trinajstić information content (AvgIpc) is 2.28. The molecule has 0 aromatic heterocycles. The quantitative estimate of drug-likeness (QED) is 0.656. The number of hydrogen-bond donors (Lipinski definition) is 0. The largest absolute Gasteiger partial charge is 0.371 e. The third-order valence-electron chi connectivity index (χ3n) is 4.20. The van der Waals surface area contributed by atoms with Crippen LogP contribution in [0.15, 0.2) is 12.1 Å². The molecule has 92 valence electrons. The van der Waals surface area contributed by atoms with Crippen LogP contribution < -0.4 is 4.90 Å². The van der Waals surface area contributed by atoms with Gasteiger partial charge in [0.15, 0.2) is 0 Å². The van der Waals surface area contributed by atoms with E-state index in [1.54, 1.807) is 16.8 Å². The average molecular weight is 229 g/mol. The second kappa shape index (κ2) is 3.76. The maximum absolute atomic E-state index is 2.62. The van der Waals surface area contributed by atoms with Crippen molar-refractivity contribution >= 4 is 5.69 Å². The summed E-state index contributed by atoms with van der Waals surface area (Å²) in [4.78, 5) is 2.62. The fourth-order valence-electron chi connectivity index (χ4n) is 3.24. The van der Waals surface area contributed by atoms with E-state index < -0.39 is 0 Å². The van der Waals surface area contributed by atoms with Gasteiger partial charge in [0.25, 0.3) is 0 Å². The van der Waals surface area contributed by atoms with Gasteiger partial charge in [0.2, 0.25) is 0 Å². The molecule has 0 saturated heterocycles. The molecule has 1 heteroatoms. The van der Waals surface area contributed by atoms with Gasteiger partial charge in [-0.15, -0.1) is 0 Å². The molecule has 2 aliphatic rings. The zero-order valence-electron chi connectivity index (χ0n) is 11.3. The SMILES string of the molecule is CC(C)(C)c1cc2c3c(c1)CCCN3CCC2. The van der Waals surface area contributed by atoms with Crippen LogP contribution in [-0.2, 0) is 18.3 Å². The zero-order valence-corrected chi connectivity index (χ0v) is 11.3. The van der Waals surface area contributed by atoms with Crippen LogP contribution >= 0.6 is 0 Å². The Labute approximate surface area is 105 Å². The first-order valence-electron chi connectivity index (χ1n) is 6.97. The highest BCUT2D eigenvalue weighted by molar-refractivity contribution is 5.64. The van der Waals surface area contributed by atoms with E-state index in [1.807, 2.05) is 0 Å². The van der Waals surface area contributed by atoms with E-state index in [0.29, 0.717) is 0 Å². The molecule has 1 aromatic carbocycles. The molecule has 0 amide bonds. The van der Waals surface area contributed by atoms with E-state index in [-0.39, 0.29) is 5.41 Å². The third kappa shape index (κ3) is 1.86. The predicted molar refractivity (Wildman–Crippen MR) is 74.0 cm³/mol. The summed E-state index contributed by atoms with van der Waals surface area (Å²) in [6.45, 7) is 9.52. The van der Waals surface area contributed by atoms with Gasteiger partial charge in [0.1, 0.15) is 0 Å². The van der Waals surface area contributed by atoms with Gasteiger partial charge in [0, 0.05) is 18.8 Å². The van der Waals surface area contributed by atoms with Crippen molar-refractivity contribution in [2.24, 2.45) is 0 Å². The summed E-state index contributed by atoms with van der Waals surface area (Å²) < 4.78 is 0. The highest BCUT2D eigenvalue weighted by atomic mass is 15.1. The van der Waals surface area contributed by atoms with Crippen molar-refractivity contribution in [3.8, 4) is 0 Å². The molecule has 3 rings (SSSR count). The molecule has 2 heterocycles. The molecular weight excluding hydrogens is 206 g/mol. The van der Waals surface area contributed by atoms with Crippen molar-refractivity contribution in [1.29, 1.82) is 0 Å². The van der Waals surface area contributed by atoms with Crippen molar-refractivity contribution in [2.45, 2.75) is 51.9 Å². The van der Waals surface area contributed by atoms with Crippen LogP contribution in [-0.4, -0.2) is 13.1 Å². The first kappa shape index (κ1) is 11.1. The molecule has 0 fully saturated rings. The first-order valence-corrected chi connectivity index (χ1v) is 6.97. The van der Waals surface area contributed by atoms with Crippen molar-refractivity contribution in [3.05, 3.63) is 28.8 Å². The summed E-state index contributed by atoms with van der Waals surface area (Å²) in [5, 5.41) is 0. The fraction of sp³-hybridized carbons (Fsp3) is 0.625. The number of rotatable bonds is 0. The zero-order chi connectivity index (χ0) is 12.0. The standard InChI is InChI=1S/C16H23N/c1-16(2,3)14-10-12-6-4-8-17-9-5-7-13(11-14)15(12)17/h10-11H,4-9H2,1-3H3. The molecule has 0 saturated carbocycles. The summed E-state index contributed by atoms with van der Waals surface area (Å²) in [7, 11) is 0. The topological polar surface area (TPSA) is 3.24 Å². The molecular formula is C16H23N. The lowest BCUT2D eigenvalue weighted by molar-refractivity contribution is 0.580. The summed E-state index contributed by atoms with van der Waals surface area (Å²) in [6.07, 6.45) is 5.23. The molecule has 17 heavy (non-hydrogen) atoms. The molecule has 0 spiro atoms. The Morgan fingerprint density at radius 1 is 0.941 bits per heavy atom. The Kier molecular flexibility index (Phi) is 2.46. The Bertz CT molecular complexity index is 408. The monoisotopic (exact) mass is 229 g/mol. The lowest BCUT2D eigenvalue weighted by Gasteiger charge is -2.38. The normalized spacial score (nSPS) is 19.1. The summed E-state index contributed by atoms with van der Waals surface area (Å²) in [5.41, 5.74) is 6.62. The Morgan fingerprint density at radius 3 is 1.94 bits per heavy atom. The van der Waals surface area contributed by atoms with Gasteiger partial charge in [-0.25, -0.2) is 0 Å². The molecule has 0 aliphatic carbocycles. The smallest absolute Gasteiger partial charge is 0.0431 e. The third-order valence-corrected chi connectivity index (χ3v) is 4.20. The number of anilines is 1. The Balaban J connectivity index is 2.15. The van der Waals surface area contributed by atoms with Gasteiger partial charge in [-0.1, -0.05) is 32.9 Å². The van der Waals surface area contributed by atoms with Crippen LogP contribution in [0.2, 0.25) is 0 Å². The maximum atomic E-state index is 2.62. The van der Waals surface area contributed by atoms with Crippen LogP contribution in [0.25, 0.3) is 0 Å². The van der Waals surface area contributed by atoms with Gasteiger partial charge in [-0.3, -0.25) is 0 Å². The number of aryl methyl sites for hydroxylation is 2. The van der Waals surface area contributed by atoms with Gasteiger partial charge >= 0.3 is 0 Å². The van der Waals surface area contributed by atoms with Crippen molar-refractivity contribution in [3.63, 3.8) is 0 Å². The van der Waals surface area contributed by atoms with Gasteiger partial charge in [-0.2, -0.15) is 0 Å². The van der Waals surface area contributed by atoms with Gasteiger partial charge < -0.3 is 4.90 Å². The second-order valence-corrected chi connectivity index (χ2v) is 6.59.